The van der Waals surface area contributed by atoms with Gasteiger partial charge in [-0.1, -0.05) is 13.0 Å². The third-order valence-electron chi connectivity index (χ3n) is 5.17. The molecule has 26 heavy (non-hydrogen) atoms. The molecule has 4 rings (SSSR count). The van der Waals surface area contributed by atoms with Crippen molar-refractivity contribution in [2.45, 2.75) is 44.7 Å². The van der Waals surface area contributed by atoms with Crippen LogP contribution in [0.1, 0.15) is 43.5 Å². The summed E-state index contributed by atoms with van der Waals surface area (Å²) in [5, 5.41) is 3.10. The van der Waals surface area contributed by atoms with Gasteiger partial charge in [0, 0.05) is 37.3 Å². The molecule has 1 aliphatic heterocycles. The van der Waals surface area contributed by atoms with Crippen molar-refractivity contribution in [3.05, 3.63) is 47.9 Å². The number of hydrogen-bond acceptors (Lipinski definition) is 5. The summed E-state index contributed by atoms with van der Waals surface area (Å²) < 4.78 is 14.4. The van der Waals surface area contributed by atoms with Gasteiger partial charge in [0.2, 0.25) is 5.91 Å². The van der Waals surface area contributed by atoms with Crippen molar-refractivity contribution < 1.29 is 9.18 Å². The number of aryl methyl sites for hydroxylation is 1. The van der Waals surface area contributed by atoms with Gasteiger partial charge in [0.05, 0.1) is 11.7 Å². The lowest BCUT2D eigenvalue weighted by atomic mass is 9.94. The first kappa shape index (κ1) is 16.9. The molecule has 0 unspecified atom stereocenters. The van der Waals surface area contributed by atoms with Gasteiger partial charge in [-0.05, 0) is 30.9 Å². The molecular formula is C19H22FN5O. The Morgan fingerprint density at radius 2 is 2.19 bits per heavy atom. The number of nitrogens with one attached hydrogen (secondary N) is 1. The van der Waals surface area contributed by atoms with Crippen molar-refractivity contribution in [3.8, 4) is 0 Å². The summed E-state index contributed by atoms with van der Waals surface area (Å²) in [6.07, 6.45) is 8.02. The minimum Gasteiger partial charge on any atom is -0.367 e. The van der Waals surface area contributed by atoms with Gasteiger partial charge in [0.25, 0.3) is 0 Å². The summed E-state index contributed by atoms with van der Waals surface area (Å²) in [6, 6.07) is 4.22. The van der Waals surface area contributed by atoms with Gasteiger partial charge >= 0.3 is 0 Å². The van der Waals surface area contributed by atoms with Crippen LogP contribution in [-0.2, 0) is 11.2 Å². The van der Waals surface area contributed by atoms with Crippen LogP contribution in [0, 0.1) is 11.7 Å². The Balaban J connectivity index is 1.56. The van der Waals surface area contributed by atoms with E-state index >= 15 is 0 Å². The second kappa shape index (κ2) is 6.97. The van der Waals surface area contributed by atoms with Crippen LogP contribution in [0.5, 0.6) is 0 Å². The Bertz CT molecular complexity index is 796. The third-order valence-corrected chi connectivity index (χ3v) is 5.17. The average Bonchev–Trinajstić information content (AvgIpc) is 3.44. The minimum atomic E-state index is -0.406. The second-order valence-corrected chi connectivity index (χ2v) is 6.94. The highest BCUT2D eigenvalue weighted by Crippen LogP contribution is 2.44. The van der Waals surface area contributed by atoms with Gasteiger partial charge in [-0.15, -0.1) is 0 Å². The van der Waals surface area contributed by atoms with Crippen LogP contribution in [0.4, 0.5) is 10.2 Å². The van der Waals surface area contributed by atoms with Crippen LogP contribution in [0.3, 0.4) is 0 Å². The zero-order chi connectivity index (χ0) is 18.1. The summed E-state index contributed by atoms with van der Waals surface area (Å²) in [5.74, 6) is 0.0210. The van der Waals surface area contributed by atoms with Crippen LogP contribution < -0.4 is 5.32 Å². The molecule has 1 amide bonds. The van der Waals surface area contributed by atoms with E-state index in [1.807, 2.05) is 30.2 Å². The molecule has 1 aliphatic carbocycles. The lowest BCUT2D eigenvalue weighted by Gasteiger charge is -2.28. The van der Waals surface area contributed by atoms with Crippen molar-refractivity contribution in [1.82, 2.24) is 19.9 Å². The fourth-order valence-electron chi connectivity index (χ4n) is 3.78. The van der Waals surface area contributed by atoms with Crippen molar-refractivity contribution in [2.24, 2.45) is 5.92 Å². The molecular weight excluding hydrogens is 333 g/mol. The van der Waals surface area contributed by atoms with Crippen molar-refractivity contribution in [3.63, 3.8) is 0 Å². The lowest BCUT2D eigenvalue weighted by molar-refractivity contribution is -0.129. The topological polar surface area (TPSA) is 71.0 Å². The molecule has 1 saturated heterocycles. The van der Waals surface area contributed by atoms with E-state index in [1.54, 1.807) is 6.20 Å². The Labute approximate surface area is 151 Å². The number of pyridine rings is 1. The molecule has 6 nitrogen and oxygen atoms in total. The van der Waals surface area contributed by atoms with Crippen LogP contribution >= 0.6 is 0 Å². The van der Waals surface area contributed by atoms with Gasteiger partial charge in [-0.3, -0.25) is 9.78 Å². The molecule has 2 aliphatic rings. The van der Waals surface area contributed by atoms with Crippen LogP contribution in [0.2, 0.25) is 0 Å². The highest BCUT2D eigenvalue weighted by molar-refractivity contribution is 5.80. The number of amides is 1. The Hall–Kier alpha value is -2.57. The number of anilines is 1. The number of halogens is 1. The van der Waals surface area contributed by atoms with E-state index < -0.39 is 5.82 Å². The number of hydrogen-bond donors (Lipinski definition) is 1. The first-order chi connectivity index (χ1) is 12.7. The normalized spacial score (nSPS) is 22.7. The average molecular weight is 355 g/mol. The fraction of sp³-hybridized carbons (Fsp3) is 0.474. The summed E-state index contributed by atoms with van der Waals surface area (Å²) in [4.78, 5) is 26.8. The predicted octanol–water partition coefficient (Wildman–Crippen LogP) is 2.74. The largest absolute Gasteiger partial charge is 0.367 e. The van der Waals surface area contributed by atoms with E-state index in [4.69, 9.17) is 0 Å². The smallest absolute Gasteiger partial charge is 0.223 e. The third kappa shape index (κ3) is 3.13. The van der Waals surface area contributed by atoms with Crippen molar-refractivity contribution in [1.29, 1.82) is 0 Å². The molecule has 0 bridgehead atoms. The van der Waals surface area contributed by atoms with E-state index in [0.717, 1.165) is 18.4 Å². The molecule has 2 atom stereocenters. The molecule has 0 radical (unpaired) electrons. The summed E-state index contributed by atoms with van der Waals surface area (Å²) in [5.41, 5.74) is 1.43. The van der Waals surface area contributed by atoms with Gasteiger partial charge in [0.15, 0.2) is 11.6 Å². The summed E-state index contributed by atoms with van der Waals surface area (Å²) in [7, 11) is 0. The molecule has 0 spiro atoms. The zero-order valence-corrected chi connectivity index (χ0v) is 14.7. The van der Waals surface area contributed by atoms with Crippen LogP contribution in [0.25, 0.3) is 0 Å². The van der Waals surface area contributed by atoms with Gasteiger partial charge in [0.1, 0.15) is 6.33 Å². The number of carbonyl (C=O) groups is 1. The maximum atomic E-state index is 14.4. The quantitative estimate of drug-likeness (QED) is 0.863. The summed E-state index contributed by atoms with van der Waals surface area (Å²) >= 11 is 0. The van der Waals surface area contributed by atoms with E-state index in [9.17, 15) is 9.18 Å². The van der Waals surface area contributed by atoms with E-state index in [1.165, 1.54) is 6.33 Å². The Morgan fingerprint density at radius 1 is 1.35 bits per heavy atom. The highest BCUT2D eigenvalue weighted by atomic mass is 19.1. The molecule has 7 heteroatoms. The molecule has 1 saturated carbocycles. The Kier molecular flexibility index (Phi) is 4.53. The number of nitrogens with zero attached hydrogens (tertiary/aromatic N) is 4. The second-order valence-electron chi connectivity index (χ2n) is 6.94. The van der Waals surface area contributed by atoms with Gasteiger partial charge in [-0.2, -0.15) is 0 Å². The molecule has 136 valence electrons. The van der Waals surface area contributed by atoms with Crippen molar-refractivity contribution >= 4 is 11.7 Å². The van der Waals surface area contributed by atoms with Gasteiger partial charge < -0.3 is 10.2 Å². The van der Waals surface area contributed by atoms with Crippen LogP contribution in [-0.4, -0.2) is 38.3 Å². The maximum absolute atomic E-state index is 14.4. The predicted molar refractivity (Wildman–Crippen MR) is 94.8 cm³/mol. The van der Waals surface area contributed by atoms with Gasteiger partial charge in [-0.25, -0.2) is 14.4 Å². The molecule has 3 heterocycles. The SMILES string of the molecule is CCc1ncnc(NC[C@@H]2CC(=O)N(C3CC3)[C@H]2c2cccnc2)c1F. The maximum Gasteiger partial charge on any atom is 0.223 e. The molecule has 0 aromatic carbocycles. The van der Waals surface area contributed by atoms with E-state index in [-0.39, 0.29) is 23.7 Å². The fourth-order valence-corrected chi connectivity index (χ4v) is 3.78. The first-order valence-electron chi connectivity index (χ1n) is 9.13. The summed E-state index contributed by atoms with van der Waals surface area (Å²) in [6.45, 7) is 2.34. The lowest BCUT2D eigenvalue weighted by Crippen LogP contribution is -2.32. The number of carbonyl (C=O) groups excluding carboxylic acids is 1. The number of likely N-dealkylation sites (tertiary alicyclic amines) is 1. The number of aromatic nitrogens is 3. The molecule has 2 aromatic rings. The molecule has 2 aromatic heterocycles. The van der Waals surface area contributed by atoms with Crippen LogP contribution in [0.15, 0.2) is 30.9 Å². The van der Waals surface area contributed by atoms with E-state index in [0.29, 0.717) is 31.1 Å². The Morgan fingerprint density at radius 3 is 2.88 bits per heavy atom. The van der Waals surface area contributed by atoms with Crippen molar-refractivity contribution in [2.75, 3.05) is 11.9 Å². The zero-order valence-electron chi connectivity index (χ0n) is 14.7. The monoisotopic (exact) mass is 355 g/mol. The molecule has 1 N–H and O–H groups in total. The molecule has 2 fully saturated rings. The number of rotatable bonds is 6. The minimum absolute atomic E-state index is 0.0215. The first-order valence-corrected chi connectivity index (χ1v) is 9.13. The van der Waals surface area contributed by atoms with E-state index in [2.05, 4.69) is 20.3 Å². The highest BCUT2D eigenvalue weighted by Gasteiger charge is 2.47. The standard InChI is InChI=1S/C19H22FN5O/c1-2-15-17(20)19(24-11-23-15)22-10-13-8-16(26)25(14-5-6-14)18(13)12-4-3-7-21-9-12/h3-4,7,9,11,13-14,18H,2,5-6,8,10H2,1H3,(H,22,23,24)/t13-,18-/m0/s1.